The number of para-hydroxylation sites is 1. The molecule has 0 saturated carbocycles. The summed E-state index contributed by atoms with van der Waals surface area (Å²) in [5, 5.41) is 19.5. The molecule has 2 N–H and O–H groups in total. The number of nitro benzene ring substituents is 1. The molecule has 1 heterocycles. The summed E-state index contributed by atoms with van der Waals surface area (Å²) in [6, 6.07) is 7.32. The number of anilines is 2. The highest BCUT2D eigenvalue weighted by Gasteiger charge is 2.19. The van der Waals surface area contributed by atoms with Crippen LogP contribution in [0.4, 0.5) is 17.1 Å². The van der Waals surface area contributed by atoms with Crippen LogP contribution in [-0.4, -0.2) is 11.5 Å². The normalized spacial score (nSPS) is 10.3. The van der Waals surface area contributed by atoms with Crippen molar-refractivity contribution in [1.82, 2.24) is 0 Å². The highest BCUT2D eigenvalue weighted by atomic mass is 32.1. The second-order valence-corrected chi connectivity index (χ2v) is 5.37. The minimum absolute atomic E-state index is 0.101. The van der Waals surface area contributed by atoms with Gasteiger partial charge in [0.15, 0.2) is 0 Å². The Balaban J connectivity index is 2.24. The quantitative estimate of drug-likeness (QED) is 0.623. The lowest BCUT2D eigenvalue weighted by molar-refractivity contribution is -0.383. The van der Waals surface area contributed by atoms with E-state index in [-0.39, 0.29) is 10.6 Å². The Kier molecular flexibility index (Phi) is 4.57. The van der Waals surface area contributed by atoms with Gasteiger partial charge in [0.25, 0.3) is 0 Å². The number of nitrogens with zero attached hydrogens (tertiary/aromatic N) is 1. The van der Waals surface area contributed by atoms with Crippen molar-refractivity contribution in [3.05, 3.63) is 50.2 Å². The van der Waals surface area contributed by atoms with Gasteiger partial charge in [-0.3, -0.25) is 10.1 Å². The Morgan fingerprint density at radius 2 is 1.95 bits per heavy atom. The summed E-state index contributed by atoms with van der Waals surface area (Å²) in [5.74, 6) is 0. The SMILES string of the molecule is CCNc1cccc(NCc2sccc2C)c1[N+](=O)[O-]. The van der Waals surface area contributed by atoms with Crippen LogP contribution < -0.4 is 10.6 Å². The van der Waals surface area contributed by atoms with Crippen molar-refractivity contribution in [3.63, 3.8) is 0 Å². The van der Waals surface area contributed by atoms with E-state index in [9.17, 15) is 10.1 Å². The molecule has 2 aromatic rings. The molecule has 0 unspecified atom stereocenters. The first kappa shape index (κ1) is 14.3. The number of nitrogens with one attached hydrogen (secondary N) is 2. The van der Waals surface area contributed by atoms with Crippen molar-refractivity contribution in [1.29, 1.82) is 0 Å². The third kappa shape index (κ3) is 3.08. The highest BCUT2D eigenvalue weighted by Crippen LogP contribution is 2.33. The summed E-state index contributed by atoms with van der Waals surface area (Å²) in [4.78, 5) is 12.1. The molecule has 0 aliphatic carbocycles. The number of nitro groups is 1. The van der Waals surface area contributed by atoms with Gasteiger partial charge in [0.2, 0.25) is 0 Å². The molecular formula is C14H17N3O2S. The Morgan fingerprint density at radius 3 is 2.50 bits per heavy atom. The van der Waals surface area contributed by atoms with E-state index < -0.39 is 0 Å². The van der Waals surface area contributed by atoms with E-state index >= 15 is 0 Å². The molecule has 0 saturated heterocycles. The number of hydrogen-bond acceptors (Lipinski definition) is 5. The molecule has 0 fully saturated rings. The molecule has 1 aromatic heterocycles. The highest BCUT2D eigenvalue weighted by molar-refractivity contribution is 7.10. The fourth-order valence-electron chi connectivity index (χ4n) is 1.98. The summed E-state index contributed by atoms with van der Waals surface area (Å²) in [6.45, 7) is 5.20. The second kappa shape index (κ2) is 6.38. The number of rotatable bonds is 6. The molecule has 0 aliphatic rings. The Morgan fingerprint density at radius 1 is 1.25 bits per heavy atom. The van der Waals surface area contributed by atoms with E-state index in [1.54, 1.807) is 23.5 Å². The maximum absolute atomic E-state index is 11.3. The molecule has 0 radical (unpaired) electrons. The molecule has 1 aromatic carbocycles. The molecular weight excluding hydrogens is 274 g/mol. The predicted octanol–water partition coefficient (Wildman–Crippen LogP) is 4.01. The summed E-state index contributed by atoms with van der Waals surface area (Å²) in [5.41, 5.74) is 2.39. The third-order valence-corrected chi connectivity index (χ3v) is 4.02. The van der Waals surface area contributed by atoms with Gasteiger partial charge in [-0.05, 0) is 43.0 Å². The van der Waals surface area contributed by atoms with Gasteiger partial charge in [0.1, 0.15) is 11.4 Å². The van der Waals surface area contributed by atoms with Crippen LogP contribution in [0.3, 0.4) is 0 Å². The number of benzene rings is 1. The van der Waals surface area contributed by atoms with Crippen LogP contribution in [0.5, 0.6) is 0 Å². The van der Waals surface area contributed by atoms with Gasteiger partial charge in [-0.1, -0.05) is 6.07 Å². The van der Waals surface area contributed by atoms with Gasteiger partial charge in [0.05, 0.1) is 4.92 Å². The van der Waals surface area contributed by atoms with Gasteiger partial charge in [-0.15, -0.1) is 11.3 Å². The first-order valence-electron chi connectivity index (χ1n) is 6.41. The largest absolute Gasteiger partial charge is 0.380 e. The Bertz CT molecular complexity index is 610. The maximum Gasteiger partial charge on any atom is 0.315 e. The molecule has 0 spiro atoms. The van der Waals surface area contributed by atoms with E-state index in [0.717, 1.165) is 0 Å². The van der Waals surface area contributed by atoms with Gasteiger partial charge in [-0.25, -0.2) is 0 Å². The van der Waals surface area contributed by atoms with E-state index in [1.807, 2.05) is 31.4 Å². The Labute approximate surface area is 121 Å². The molecule has 2 rings (SSSR count). The van der Waals surface area contributed by atoms with Crippen LogP contribution in [-0.2, 0) is 6.54 Å². The van der Waals surface area contributed by atoms with Crippen LogP contribution in [0.1, 0.15) is 17.4 Å². The van der Waals surface area contributed by atoms with Gasteiger partial charge < -0.3 is 10.6 Å². The monoisotopic (exact) mass is 291 g/mol. The number of hydrogen-bond donors (Lipinski definition) is 2. The molecule has 6 heteroatoms. The molecule has 0 atom stereocenters. The third-order valence-electron chi connectivity index (χ3n) is 2.99. The molecule has 0 bridgehead atoms. The van der Waals surface area contributed by atoms with Crippen molar-refractivity contribution in [2.24, 2.45) is 0 Å². The first-order valence-corrected chi connectivity index (χ1v) is 7.29. The van der Waals surface area contributed by atoms with E-state index in [2.05, 4.69) is 10.6 Å². The van der Waals surface area contributed by atoms with Crippen LogP contribution in [0, 0.1) is 17.0 Å². The number of thiophene rings is 1. The fourth-order valence-corrected chi connectivity index (χ4v) is 2.82. The fraction of sp³-hybridized carbons (Fsp3) is 0.286. The van der Waals surface area contributed by atoms with Crippen molar-refractivity contribution in [2.75, 3.05) is 17.2 Å². The first-order chi connectivity index (χ1) is 9.63. The Hall–Kier alpha value is -2.08. The molecule has 5 nitrogen and oxygen atoms in total. The maximum atomic E-state index is 11.3. The summed E-state index contributed by atoms with van der Waals surface area (Å²) in [7, 11) is 0. The van der Waals surface area contributed by atoms with Crippen LogP contribution in [0.2, 0.25) is 0 Å². The van der Waals surface area contributed by atoms with Gasteiger partial charge in [-0.2, -0.15) is 0 Å². The second-order valence-electron chi connectivity index (χ2n) is 4.37. The summed E-state index contributed by atoms with van der Waals surface area (Å²) < 4.78 is 0. The minimum Gasteiger partial charge on any atom is -0.380 e. The standard InChI is InChI=1S/C14H17N3O2S/c1-3-15-11-5-4-6-12(14(11)17(18)19)16-9-13-10(2)7-8-20-13/h4-8,15-16H,3,9H2,1-2H3. The zero-order chi connectivity index (χ0) is 14.5. The average molecular weight is 291 g/mol. The lowest BCUT2D eigenvalue weighted by atomic mass is 10.2. The van der Waals surface area contributed by atoms with Crippen molar-refractivity contribution >= 4 is 28.4 Å². The summed E-state index contributed by atoms with van der Waals surface area (Å²) >= 11 is 1.65. The van der Waals surface area contributed by atoms with E-state index in [4.69, 9.17) is 0 Å². The predicted molar refractivity (Wildman–Crippen MR) is 83.6 cm³/mol. The molecule has 0 aliphatic heterocycles. The van der Waals surface area contributed by atoms with Crippen molar-refractivity contribution in [2.45, 2.75) is 20.4 Å². The van der Waals surface area contributed by atoms with Crippen molar-refractivity contribution < 1.29 is 4.92 Å². The van der Waals surface area contributed by atoms with Crippen LogP contribution >= 0.6 is 11.3 Å². The molecule has 106 valence electrons. The molecule has 0 amide bonds. The van der Waals surface area contributed by atoms with Crippen LogP contribution in [0.25, 0.3) is 0 Å². The zero-order valence-electron chi connectivity index (χ0n) is 11.5. The lowest BCUT2D eigenvalue weighted by Gasteiger charge is -2.10. The van der Waals surface area contributed by atoms with Crippen LogP contribution in [0.15, 0.2) is 29.6 Å². The summed E-state index contributed by atoms with van der Waals surface area (Å²) in [6.07, 6.45) is 0. The number of aryl methyl sites for hydroxylation is 1. The van der Waals surface area contributed by atoms with Crippen molar-refractivity contribution in [3.8, 4) is 0 Å². The smallest absolute Gasteiger partial charge is 0.315 e. The lowest BCUT2D eigenvalue weighted by Crippen LogP contribution is -2.06. The topological polar surface area (TPSA) is 67.2 Å². The average Bonchev–Trinajstić information content (AvgIpc) is 2.82. The molecule has 20 heavy (non-hydrogen) atoms. The zero-order valence-corrected chi connectivity index (χ0v) is 12.3. The van der Waals surface area contributed by atoms with Gasteiger partial charge in [0, 0.05) is 18.0 Å². The van der Waals surface area contributed by atoms with E-state index in [0.29, 0.717) is 24.5 Å². The van der Waals surface area contributed by atoms with Gasteiger partial charge >= 0.3 is 5.69 Å². The van der Waals surface area contributed by atoms with E-state index in [1.165, 1.54) is 10.4 Å². The minimum atomic E-state index is -0.346.